The molecule has 1 aromatic heterocycles. The molecular formula is C13H15ClN2. The molecule has 0 spiro atoms. The predicted molar refractivity (Wildman–Crippen MR) is 67.3 cm³/mol. The van der Waals surface area contributed by atoms with Crippen molar-refractivity contribution in [3.05, 3.63) is 46.7 Å². The first kappa shape index (κ1) is 11.2. The van der Waals surface area contributed by atoms with Gasteiger partial charge in [-0.05, 0) is 43.2 Å². The monoisotopic (exact) mass is 234 g/mol. The van der Waals surface area contributed by atoms with Gasteiger partial charge in [-0.1, -0.05) is 25.4 Å². The van der Waals surface area contributed by atoms with Gasteiger partial charge in [-0.2, -0.15) is 5.10 Å². The maximum absolute atomic E-state index is 5.88. The van der Waals surface area contributed by atoms with Gasteiger partial charge < -0.3 is 0 Å². The second-order valence-corrected chi connectivity index (χ2v) is 4.16. The number of aromatic nitrogens is 2. The van der Waals surface area contributed by atoms with E-state index in [0.29, 0.717) is 0 Å². The van der Waals surface area contributed by atoms with Crippen molar-refractivity contribution in [1.29, 1.82) is 0 Å². The minimum Gasteiger partial charge on any atom is -0.238 e. The summed E-state index contributed by atoms with van der Waals surface area (Å²) in [7, 11) is 0. The van der Waals surface area contributed by atoms with Gasteiger partial charge in [0.25, 0.3) is 0 Å². The maximum atomic E-state index is 5.88. The van der Waals surface area contributed by atoms with Crippen LogP contribution in [0.25, 0.3) is 5.69 Å². The zero-order valence-electron chi connectivity index (χ0n) is 9.57. The van der Waals surface area contributed by atoms with Crippen molar-refractivity contribution in [2.45, 2.75) is 26.7 Å². The van der Waals surface area contributed by atoms with Gasteiger partial charge in [0.15, 0.2) is 0 Å². The lowest BCUT2D eigenvalue weighted by atomic mass is 10.2. The van der Waals surface area contributed by atoms with Crippen molar-refractivity contribution in [3.63, 3.8) is 0 Å². The number of aryl methyl sites for hydroxylation is 2. The molecule has 0 saturated heterocycles. The van der Waals surface area contributed by atoms with E-state index in [-0.39, 0.29) is 0 Å². The number of hydrogen-bond donors (Lipinski definition) is 0. The minimum absolute atomic E-state index is 0.754. The van der Waals surface area contributed by atoms with Crippen molar-refractivity contribution >= 4 is 11.6 Å². The molecule has 0 fully saturated rings. The molecule has 0 saturated carbocycles. The van der Waals surface area contributed by atoms with Crippen LogP contribution in [0.2, 0.25) is 5.02 Å². The zero-order valence-corrected chi connectivity index (χ0v) is 10.3. The molecule has 0 amide bonds. The Morgan fingerprint density at radius 3 is 2.38 bits per heavy atom. The summed E-state index contributed by atoms with van der Waals surface area (Å²) in [6.07, 6.45) is 1.95. The first-order valence-electron chi connectivity index (χ1n) is 5.58. The average Bonchev–Trinajstić information content (AvgIpc) is 2.73. The summed E-state index contributed by atoms with van der Waals surface area (Å²) in [6, 6.07) is 9.93. The van der Waals surface area contributed by atoms with Crippen LogP contribution in [0, 0.1) is 0 Å². The Kier molecular flexibility index (Phi) is 3.30. The van der Waals surface area contributed by atoms with Crippen LogP contribution >= 0.6 is 11.6 Å². The number of nitrogens with zero attached hydrogens (tertiary/aromatic N) is 2. The summed E-state index contributed by atoms with van der Waals surface area (Å²) in [5.74, 6) is 0. The van der Waals surface area contributed by atoms with E-state index in [9.17, 15) is 0 Å². The quantitative estimate of drug-likeness (QED) is 0.793. The zero-order chi connectivity index (χ0) is 11.5. The molecule has 0 atom stereocenters. The molecular weight excluding hydrogens is 220 g/mol. The fourth-order valence-corrected chi connectivity index (χ4v) is 1.83. The Labute approximate surface area is 101 Å². The largest absolute Gasteiger partial charge is 0.238 e. The molecule has 0 radical (unpaired) electrons. The lowest BCUT2D eigenvalue weighted by Crippen LogP contribution is -2.01. The summed E-state index contributed by atoms with van der Waals surface area (Å²) in [4.78, 5) is 0. The molecule has 16 heavy (non-hydrogen) atoms. The van der Waals surface area contributed by atoms with Crippen LogP contribution < -0.4 is 0 Å². The Hall–Kier alpha value is -1.28. The predicted octanol–water partition coefficient (Wildman–Crippen LogP) is 3.65. The molecule has 0 aliphatic carbocycles. The standard InChI is InChI=1S/C13H15ClN2/c1-3-11-9-12(4-2)16(15-11)13-7-5-10(14)6-8-13/h5-9H,3-4H2,1-2H3. The van der Waals surface area contributed by atoms with Crippen LogP contribution in [0.5, 0.6) is 0 Å². The third kappa shape index (κ3) is 2.12. The first-order valence-corrected chi connectivity index (χ1v) is 5.96. The third-order valence-electron chi connectivity index (χ3n) is 2.63. The van der Waals surface area contributed by atoms with Gasteiger partial charge in [-0.25, -0.2) is 4.68 Å². The first-order chi connectivity index (χ1) is 7.74. The molecule has 1 heterocycles. The topological polar surface area (TPSA) is 17.8 Å². The molecule has 2 aromatic rings. The SMILES string of the molecule is CCc1cc(CC)n(-c2ccc(Cl)cc2)n1. The Morgan fingerprint density at radius 2 is 1.81 bits per heavy atom. The molecule has 0 bridgehead atoms. The van der Waals surface area contributed by atoms with Gasteiger partial charge in [0.1, 0.15) is 0 Å². The van der Waals surface area contributed by atoms with Gasteiger partial charge in [0, 0.05) is 10.7 Å². The highest BCUT2D eigenvalue weighted by Gasteiger charge is 2.06. The van der Waals surface area contributed by atoms with Gasteiger partial charge in [-0.3, -0.25) is 0 Å². The molecule has 0 N–H and O–H groups in total. The van der Waals surface area contributed by atoms with Crippen LogP contribution in [-0.2, 0) is 12.8 Å². The van der Waals surface area contributed by atoms with E-state index in [1.165, 1.54) is 5.69 Å². The van der Waals surface area contributed by atoms with Crippen LogP contribution in [0.3, 0.4) is 0 Å². The third-order valence-corrected chi connectivity index (χ3v) is 2.88. The highest BCUT2D eigenvalue weighted by atomic mass is 35.5. The Balaban J connectivity index is 2.45. The molecule has 0 unspecified atom stereocenters. The normalized spacial score (nSPS) is 10.7. The molecule has 2 nitrogen and oxygen atoms in total. The van der Waals surface area contributed by atoms with E-state index in [4.69, 9.17) is 11.6 Å². The van der Waals surface area contributed by atoms with Gasteiger partial charge >= 0.3 is 0 Å². The van der Waals surface area contributed by atoms with Crippen molar-refractivity contribution in [2.75, 3.05) is 0 Å². The van der Waals surface area contributed by atoms with E-state index in [1.54, 1.807) is 0 Å². The maximum Gasteiger partial charge on any atom is 0.0649 e. The van der Waals surface area contributed by atoms with Crippen LogP contribution in [0.4, 0.5) is 0 Å². The van der Waals surface area contributed by atoms with Crippen LogP contribution in [-0.4, -0.2) is 9.78 Å². The molecule has 1 aromatic carbocycles. The average molecular weight is 235 g/mol. The fraction of sp³-hybridized carbons (Fsp3) is 0.308. The van der Waals surface area contributed by atoms with E-state index in [2.05, 4.69) is 25.0 Å². The number of hydrogen-bond acceptors (Lipinski definition) is 1. The van der Waals surface area contributed by atoms with Crippen molar-refractivity contribution in [2.24, 2.45) is 0 Å². The van der Waals surface area contributed by atoms with Crippen molar-refractivity contribution in [1.82, 2.24) is 9.78 Å². The molecule has 2 rings (SSSR count). The lowest BCUT2D eigenvalue weighted by Gasteiger charge is -2.05. The van der Waals surface area contributed by atoms with E-state index >= 15 is 0 Å². The Bertz CT molecular complexity index is 471. The summed E-state index contributed by atoms with van der Waals surface area (Å²) >= 11 is 5.88. The second kappa shape index (κ2) is 4.71. The molecule has 3 heteroatoms. The smallest absolute Gasteiger partial charge is 0.0649 e. The van der Waals surface area contributed by atoms with E-state index in [0.717, 1.165) is 29.2 Å². The van der Waals surface area contributed by atoms with Crippen LogP contribution in [0.15, 0.2) is 30.3 Å². The second-order valence-electron chi connectivity index (χ2n) is 3.72. The number of halogens is 1. The highest BCUT2D eigenvalue weighted by molar-refractivity contribution is 6.30. The lowest BCUT2D eigenvalue weighted by molar-refractivity contribution is 0.794. The van der Waals surface area contributed by atoms with Crippen molar-refractivity contribution < 1.29 is 0 Å². The number of benzene rings is 1. The fourth-order valence-electron chi connectivity index (χ4n) is 1.71. The summed E-state index contributed by atoms with van der Waals surface area (Å²) in [5, 5.41) is 5.33. The van der Waals surface area contributed by atoms with E-state index < -0.39 is 0 Å². The molecule has 0 aliphatic rings. The molecule has 84 valence electrons. The summed E-state index contributed by atoms with van der Waals surface area (Å²) in [5.41, 5.74) is 3.44. The Morgan fingerprint density at radius 1 is 1.12 bits per heavy atom. The minimum atomic E-state index is 0.754. The highest BCUT2D eigenvalue weighted by Crippen LogP contribution is 2.16. The van der Waals surface area contributed by atoms with Crippen LogP contribution in [0.1, 0.15) is 25.2 Å². The van der Waals surface area contributed by atoms with Crippen molar-refractivity contribution in [3.8, 4) is 5.69 Å². The van der Waals surface area contributed by atoms with Gasteiger partial charge in [0.05, 0.1) is 11.4 Å². The number of rotatable bonds is 3. The van der Waals surface area contributed by atoms with E-state index in [1.807, 2.05) is 28.9 Å². The van der Waals surface area contributed by atoms with Gasteiger partial charge in [0.2, 0.25) is 0 Å². The molecule has 0 aliphatic heterocycles. The summed E-state index contributed by atoms with van der Waals surface area (Å²) < 4.78 is 2.00. The summed E-state index contributed by atoms with van der Waals surface area (Å²) in [6.45, 7) is 4.26. The van der Waals surface area contributed by atoms with Gasteiger partial charge in [-0.15, -0.1) is 0 Å².